The highest BCUT2D eigenvalue weighted by molar-refractivity contribution is 6.31. The fourth-order valence-corrected chi connectivity index (χ4v) is 3.59. The van der Waals surface area contributed by atoms with Gasteiger partial charge in [0.1, 0.15) is 0 Å². The van der Waals surface area contributed by atoms with Crippen molar-refractivity contribution in [3.05, 3.63) is 76.8 Å². The molecule has 0 radical (unpaired) electrons. The summed E-state index contributed by atoms with van der Waals surface area (Å²) < 4.78 is 7.37. The monoisotopic (exact) mass is 411 g/mol. The third kappa shape index (κ3) is 4.99. The van der Waals surface area contributed by atoms with E-state index >= 15 is 0 Å². The molecule has 0 saturated carbocycles. The van der Waals surface area contributed by atoms with E-state index in [9.17, 15) is 4.79 Å². The Kier molecular flexibility index (Phi) is 6.17. The second kappa shape index (κ2) is 9.15. The molecule has 8 heteroatoms. The molecule has 29 heavy (non-hydrogen) atoms. The number of rotatable bonds is 7. The number of aromatic nitrogens is 4. The smallest absolute Gasteiger partial charge is 0.276 e. The Morgan fingerprint density at radius 3 is 2.83 bits per heavy atom. The van der Waals surface area contributed by atoms with Crippen molar-refractivity contribution in [3.8, 4) is 0 Å². The van der Waals surface area contributed by atoms with Crippen molar-refractivity contribution >= 4 is 17.5 Å². The maximum Gasteiger partial charge on any atom is 0.276 e. The summed E-state index contributed by atoms with van der Waals surface area (Å²) in [5.74, 6) is -0.164. The lowest BCUT2D eigenvalue weighted by Crippen LogP contribution is -2.37. The molecule has 1 atom stereocenters. The number of hydrogen-bond acceptors (Lipinski definition) is 5. The van der Waals surface area contributed by atoms with Crippen LogP contribution in [0.15, 0.2) is 55.0 Å². The van der Waals surface area contributed by atoms with Gasteiger partial charge < -0.3 is 9.64 Å². The molecule has 0 aliphatic carbocycles. The number of pyridine rings is 1. The van der Waals surface area contributed by atoms with Gasteiger partial charge in [0, 0.05) is 37.1 Å². The topological polar surface area (TPSA) is 73.1 Å². The first-order valence-electron chi connectivity index (χ1n) is 9.62. The van der Waals surface area contributed by atoms with Crippen LogP contribution >= 0.6 is 11.6 Å². The molecule has 150 valence electrons. The molecule has 3 aromatic rings. The van der Waals surface area contributed by atoms with E-state index in [0.717, 1.165) is 30.6 Å². The van der Waals surface area contributed by atoms with E-state index in [2.05, 4.69) is 15.3 Å². The van der Waals surface area contributed by atoms with Crippen molar-refractivity contribution in [1.82, 2.24) is 24.9 Å². The lowest BCUT2D eigenvalue weighted by Gasteiger charge is -2.24. The molecular formula is C21H22ClN5O2. The summed E-state index contributed by atoms with van der Waals surface area (Å²) in [4.78, 5) is 19.0. The lowest BCUT2D eigenvalue weighted by molar-refractivity contribution is 0.0502. The predicted molar refractivity (Wildman–Crippen MR) is 109 cm³/mol. The van der Waals surface area contributed by atoms with Gasteiger partial charge in [0.2, 0.25) is 0 Å². The molecule has 7 nitrogen and oxygen atoms in total. The molecule has 0 spiro atoms. The van der Waals surface area contributed by atoms with Crippen LogP contribution in [0.2, 0.25) is 5.02 Å². The number of benzene rings is 1. The zero-order chi connectivity index (χ0) is 20.1. The number of amides is 1. The highest BCUT2D eigenvalue weighted by Crippen LogP contribution is 2.18. The zero-order valence-corrected chi connectivity index (χ0v) is 16.7. The van der Waals surface area contributed by atoms with Gasteiger partial charge in [-0.1, -0.05) is 35.0 Å². The van der Waals surface area contributed by atoms with E-state index < -0.39 is 0 Å². The fourth-order valence-electron chi connectivity index (χ4n) is 3.40. The molecule has 1 amide bonds. The van der Waals surface area contributed by atoms with Crippen molar-refractivity contribution in [2.75, 3.05) is 13.2 Å². The molecule has 1 aromatic carbocycles. The van der Waals surface area contributed by atoms with Gasteiger partial charge in [-0.3, -0.25) is 9.78 Å². The van der Waals surface area contributed by atoms with Crippen molar-refractivity contribution in [1.29, 1.82) is 0 Å². The van der Waals surface area contributed by atoms with Crippen LogP contribution < -0.4 is 0 Å². The van der Waals surface area contributed by atoms with E-state index in [1.54, 1.807) is 28.2 Å². The van der Waals surface area contributed by atoms with Crippen LogP contribution in [-0.4, -0.2) is 50.0 Å². The van der Waals surface area contributed by atoms with Gasteiger partial charge in [0.05, 0.1) is 18.8 Å². The summed E-state index contributed by atoms with van der Waals surface area (Å²) in [5, 5.41) is 8.88. The first-order chi connectivity index (χ1) is 14.2. The summed E-state index contributed by atoms with van der Waals surface area (Å²) in [6, 6.07) is 11.4. The van der Waals surface area contributed by atoms with Crippen LogP contribution in [0, 0.1) is 0 Å². The normalized spacial score (nSPS) is 16.1. The molecule has 1 fully saturated rings. The van der Waals surface area contributed by atoms with E-state index in [-0.39, 0.29) is 12.0 Å². The van der Waals surface area contributed by atoms with Crippen LogP contribution in [0.4, 0.5) is 0 Å². The van der Waals surface area contributed by atoms with Crippen LogP contribution in [0.25, 0.3) is 0 Å². The average molecular weight is 412 g/mol. The summed E-state index contributed by atoms with van der Waals surface area (Å²) in [7, 11) is 0. The molecule has 0 unspecified atom stereocenters. The van der Waals surface area contributed by atoms with Crippen molar-refractivity contribution < 1.29 is 9.53 Å². The van der Waals surface area contributed by atoms with Crippen molar-refractivity contribution in [2.24, 2.45) is 0 Å². The quantitative estimate of drug-likeness (QED) is 0.597. The maximum atomic E-state index is 13.2. The summed E-state index contributed by atoms with van der Waals surface area (Å²) in [5.41, 5.74) is 2.24. The zero-order valence-electron chi connectivity index (χ0n) is 15.9. The first kappa shape index (κ1) is 19.5. The van der Waals surface area contributed by atoms with Crippen molar-refractivity contribution in [2.45, 2.75) is 32.0 Å². The van der Waals surface area contributed by atoms with Crippen LogP contribution in [0.5, 0.6) is 0 Å². The second-order valence-corrected chi connectivity index (χ2v) is 7.48. The van der Waals surface area contributed by atoms with Gasteiger partial charge in [-0.05, 0) is 42.2 Å². The van der Waals surface area contributed by atoms with Crippen LogP contribution in [-0.2, 0) is 17.8 Å². The number of ether oxygens (including phenoxy) is 1. The Balaban J connectivity index is 1.50. The summed E-state index contributed by atoms with van der Waals surface area (Å²) >= 11 is 6.22. The van der Waals surface area contributed by atoms with E-state index in [1.165, 1.54) is 0 Å². The highest BCUT2D eigenvalue weighted by atomic mass is 35.5. The molecule has 0 N–H and O–H groups in total. The fraction of sp³-hybridized carbons (Fsp3) is 0.333. The van der Waals surface area contributed by atoms with E-state index in [0.29, 0.717) is 30.4 Å². The molecule has 1 aliphatic heterocycles. The predicted octanol–water partition coefficient (Wildman–Crippen LogP) is 3.20. The van der Waals surface area contributed by atoms with Crippen LogP contribution in [0.1, 0.15) is 34.5 Å². The number of carbonyl (C=O) groups is 1. The molecule has 0 bridgehead atoms. The number of hydrogen-bond donors (Lipinski definition) is 0. The Bertz CT molecular complexity index is 956. The minimum absolute atomic E-state index is 0.0546. The minimum Gasteiger partial charge on any atom is -0.376 e. The SMILES string of the molecule is O=C(c1cn(Cc2ccccc2Cl)nn1)N(Cc1ccncc1)C[C@@H]1CCCO1. The first-order valence-corrected chi connectivity index (χ1v) is 10.00. The van der Waals surface area contributed by atoms with Gasteiger partial charge in [-0.25, -0.2) is 4.68 Å². The van der Waals surface area contributed by atoms with Gasteiger partial charge in [-0.15, -0.1) is 5.10 Å². The Labute approximate surface area is 174 Å². The third-order valence-electron chi connectivity index (χ3n) is 4.91. The number of halogens is 1. The minimum atomic E-state index is -0.164. The lowest BCUT2D eigenvalue weighted by atomic mass is 10.2. The Morgan fingerprint density at radius 2 is 2.07 bits per heavy atom. The van der Waals surface area contributed by atoms with Crippen molar-refractivity contribution in [3.63, 3.8) is 0 Å². The number of carbonyl (C=O) groups excluding carboxylic acids is 1. The molecule has 1 saturated heterocycles. The molecule has 4 rings (SSSR count). The van der Waals surface area contributed by atoms with Gasteiger partial charge in [0.25, 0.3) is 5.91 Å². The largest absolute Gasteiger partial charge is 0.376 e. The number of nitrogens with zero attached hydrogens (tertiary/aromatic N) is 5. The van der Waals surface area contributed by atoms with Gasteiger partial charge >= 0.3 is 0 Å². The van der Waals surface area contributed by atoms with Gasteiger partial charge in [-0.2, -0.15) is 0 Å². The third-order valence-corrected chi connectivity index (χ3v) is 5.27. The maximum absolute atomic E-state index is 13.2. The standard InChI is InChI=1S/C21H22ClN5O2/c22-19-6-2-1-4-17(19)13-27-15-20(24-25-27)21(28)26(14-18-5-3-11-29-18)12-16-7-9-23-10-8-16/h1-2,4,6-10,15,18H,3,5,11-14H2/t18-/m0/s1. The Hall–Kier alpha value is -2.77. The molecule has 2 aromatic heterocycles. The Morgan fingerprint density at radius 1 is 1.24 bits per heavy atom. The molecular weight excluding hydrogens is 390 g/mol. The highest BCUT2D eigenvalue weighted by Gasteiger charge is 2.25. The molecule has 1 aliphatic rings. The van der Waals surface area contributed by atoms with Gasteiger partial charge in [0.15, 0.2) is 5.69 Å². The average Bonchev–Trinajstić information content (AvgIpc) is 3.42. The summed E-state index contributed by atoms with van der Waals surface area (Å²) in [6.07, 6.45) is 7.16. The molecule has 3 heterocycles. The second-order valence-electron chi connectivity index (χ2n) is 7.07. The summed E-state index contributed by atoms with van der Waals surface area (Å²) in [6.45, 7) is 2.20. The van der Waals surface area contributed by atoms with E-state index in [4.69, 9.17) is 16.3 Å². The van der Waals surface area contributed by atoms with Crippen LogP contribution in [0.3, 0.4) is 0 Å². The van der Waals surface area contributed by atoms with E-state index in [1.807, 2.05) is 36.4 Å².